The normalized spacial score (nSPS) is 17.0. The Morgan fingerprint density at radius 1 is 1.12 bits per heavy atom. The number of aliphatic imine (C=N–C) groups is 1. The van der Waals surface area contributed by atoms with Gasteiger partial charge in [-0.15, -0.1) is 0 Å². The van der Waals surface area contributed by atoms with Crippen LogP contribution in [0.5, 0.6) is 0 Å². The number of benzene rings is 2. The van der Waals surface area contributed by atoms with Gasteiger partial charge in [0.1, 0.15) is 0 Å². The lowest BCUT2D eigenvalue weighted by atomic mass is 10.0. The number of nitrogens with one attached hydrogen (secondary N) is 2. The van der Waals surface area contributed by atoms with Gasteiger partial charge in [-0.05, 0) is 49.9 Å². The van der Waals surface area contributed by atoms with Crippen LogP contribution in [-0.4, -0.2) is 42.6 Å². The lowest BCUT2D eigenvalue weighted by Crippen LogP contribution is -2.49. The average Bonchev–Trinajstić information content (AvgIpc) is 2.66. The maximum Gasteiger partial charge on any atom is 0.191 e. The molecule has 0 aromatic heterocycles. The summed E-state index contributed by atoms with van der Waals surface area (Å²) in [4.78, 5) is 7.42. The van der Waals surface area contributed by atoms with Crippen LogP contribution < -0.4 is 10.6 Å². The quantitative estimate of drug-likeness (QED) is 0.636. The van der Waals surface area contributed by atoms with E-state index in [0.717, 1.165) is 25.6 Å². The predicted molar refractivity (Wildman–Crippen MR) is 112 cm³/mol. The van der Waals surface area contributed by atoms with Crippen molar-refractivity contribution in [2.75, 3.05) is 19.6 Å². The summed E-state index contributed by atoms with van der Waals surface area (Å²) in [5.41, 5.74) is 1.27. The van der Waals surface area contributed by atoms with Crippen LogP contribution in [-0.2, 0) is 6.54 Å². The molecule has 1 heterocycles. The lowest BCUT2D eigenvalue weighted by Gasteiger charge is -2.35. The van der Waals surface area contributed by atoms with Gasteiger partial charge in [0.25, 0.3) is 0 Å². The molecule has 3 rings (SSSR count). The van der Waals surface area contributed by atoms with E-state index in [1.54, 1.807) is 0 Å². The van der Waals surface area contributed by atoms with Crippen LogP contribution in [0.25, 0.3) is 10.8 Å². The van der Waals surface area contributed by atoms with Crippen molar-refractivity contribution in [2.24, 2.45) is 4.99 Å². The molecule has 4 nitrogen and oxygen atoms in total. The molecule has 0 amide bonds. The van der Waals surface area contributed by atoms with Gasteiger partial charge < -0.3 is 15.5 Å². The number of hydrogen-bond donors (Lipinski definition) is 2. The van der Waals surface area contributed by atoms with Crippen LogP contribution >= 0.6 is 0 Å². The monoisotopic (exact) mass is 352 g/mol. The number of hydrogen-bond acceptors (Lipinski definition) is 2. The molecular formula is C22H32N4. The summed E-state index contributed by atoms with van der Waals surface area (Å²) < 4.78 is 0. The third-order valence-corrected chi connectivity index (χ3v) is 5.23. The second kappa shape index (κ2) is 9.04. The molecule has 0 unspecified atom stereocenters. The molecule has 1 aliphatic heterocycles. The molecule has 0 radical (unpaired) electrons. The number of rotatable bonds is 5. The molecule has 0 bridgehead atoms. The number of nitrogens with zero attached hydrogens (tertiary/aromatic N) is 2. The zero-order chi connectivity index (χ0) is 18.4. The van der Waals surface area contributed by atoms with Gasteiger partial charge in [-0.1, -0.05) is 42.5 Å². The number of guanidine groups is 1. The van der Waals surface area contributed by atoms with E-state index in [2.05, 4.69) is 78.8 Å². The highest BCUT2D eigenvalue weighted by atomic mass is 15.2. The first kappa shape index (κ1) is 18.7. The highest BCUT2D eigenvalue weighted by Gasteiger charge is 2.21. The first-order valence-electron chi connectivity index (χ1n) is 9.93. The molecule has 0 spiro atoms. The lowest BCUT2D eigenvalue weighted by molar-refractivity contribution is 0.167. The Morgan fingerprint density at radius 3 is 2.58 bits per heavy atom. The molecule has 1 saturated heterocycles. The Labute approximate surface area is 157 Å². The molecule has 0 saturated carbocycles. The summed E-state index contributed by atoms with van der Waals surface area (Å²) in [6.07, 6.45) is 2.35. The molecule has 1 fully saturated rings. The maximum atomic E-state index is 4.86. The van der Waals surface area contributed by atoms with Crippen LogP contribution in [0.1, 0.15) is 39.2 Å². The molecule has 1 aliphatic rings. The molecule has 26 heavy (non-hydrogen) atoms. The van der Waals surface area contributed by atoms with Gasteiger partial charge in [0.15, 0.2) is 5.96 Å². The van der Waals surface area contributed by atoms with Crippen molar-refractivity contribution in [2.45, 2.75) is 52.2 Å². The second-order valence-corrected chi connectivity index (χ2v) is 7.38. The van der Waals surface area contributed by atoms with E-state index in [4.69, 9.17) is 4.99 Å². The molecule has 4 heteroatoms. The van der Waals surface area contributed by atoms with Crippen LogP contribution in [0.3, 0.4) is 0 Å². The van der Waals surface area contributed by atoms with Crippen molar-refractivity contribution in [1.29, 1.82) is 0 Å². The Morgan fingerprint density at radius 2 is 1.85 bits per heavy atom. The van der Waals surface area contributed by atoms with Crippen molar-refractivity contribution < 1.29 is 0 Å². The molecular weight excluding hydrogens is 320 g/mol. The van der Waals surface area contributed by atoms with Gasteiger partial charge >= 0.3 is 0 Å². The van der Waals surface area contributed by atoms with Crippen molar-refractivity contribution in [3.05, 3.63) is 48.0 Å². The Hall–Kier alpha value is -2.07. The summed E-state index contributed by atoms with van der Waals surface area (Å²) in [5, 5.41) is 9.62. The van der Waals surface area contributed by atoms with E-state index in [-0.39, 0.29) is 0 Å². The van der Waals surface area contributed by atoms with E-state index < -0.39 is 0 Å². The second-order valence-electron chi connectivity index (χ2n) is 7.38. The maximum absolute atomic E-state index is 4.86. The summed E-state index contributed by atoms with van der Waals surface area (Å²) in [6, 6.07) is 16.1. The highest BCUT2D eigenvalue weighted by Crippen LogP contribution is 2.19. The van der Waals surface area contributed by atoms with E-state index in [9.17, 15) is 0 Å². The molecule has 2 N–H and O–H groups in total. The number of likely N-dealkylation sites (tertiary alicyclic amines) is 1. The summed E-state index contributed by atoms with van der Waals surface area (Å²) >= 11 is 0. The standard InChI is InChI=1S/C22H32N4/c1-4-23-22(25-20-12-14-26(15-13-20)17(2)3)24-16-19-10-7-9-18-8-5-6-11-21(18)19/h5-11,17,20H,4,12-16H2,1-3H3,(H2,23,24,25). The molecule has 2 aromatic rings. The van der Waals surface area contributed by atoms with Crippen LogP contribution in [0, 0.1) is 0 Å². The predicted octanol–water partition coefficient (Wildman–Crippen LogP) is 3.77. The van der Waals surface area contributed by atoms with Gasteiger partial charge in [0.05, 0.1) is 6.54 Å². The highest BCUT2D eigenvalue weighted by molar-refractivity contribution is 5.86. The fourth-order valence-corrected chi connectivity index (χ4v) is 3.67. The number of fused-ring (bicyclic) bond motifs is 1. The minimum Gasteiger partial charge on any atom is -0.357 e. The Balaban J connectivity index is 1.66. The van der Waals surface area contributed by atoms with Crippen LogP contribution in [0.15, 0.2) is 47.5 Å². The van der Waals surface area contributed by atoms with Gasteiger partial charge in [0, 0.05) is 31.7 Å². The fraction of sp³-hybridized carbons (Fsp3) is 0.500. The van der Waals surface area contributed by atoms with Crippen LogP contribution in [0.4, 0.5) is 0 Å². The first-order valence-corrected chi connectivity index (χ1v) is 9.93. The Kier molecular flexibility index (Phi) is 6.51. The molecule has 0 atom stereocenters. The van der Waals surface area contributed by atoms with Gasteiger partial charge in [-0.25, -0.2) is 4.99 Å². The summed E-state index contributed by atoms with van der Waals surface area (Å²) in [5.74, 6) is 0.934. The zero-order valence-corrected chi connectivity index (χ0v) is 16.3. The fourth-order valence-electron chi connectivity index (χ4n) is 3.67. The number of piperidine rings is 1. The van der Waals surface area contributed by atoms with Gasteiger partial charge in [0.2, 0.25) is 0 Å². The van der Waals surface area contributed by atoms with E-state index in [1.165, 1.54) is 29.2 Å². The van der Waals surface area contributed by atoms with Gasteiger partial charge in [-0.3, -0.25) is 0 Å². The first-order chi connectivity index (χ1) is 12.7. The largest absolute Gasteiger partial charge is 0.357 e. The molecule has 140 valence electrons. The van der Waals surface area contributed by atoms with Gasteiger partial charge in [-0.2, -0.15) is 0 Å². The van der Waals surface area contributed by atoms with Crippen molar-refractivity contribution >= 4 is 16.7 Å². The molecule has 0 aliphatic carbocycles. The SMILES string of the molecule is CCNC(=NCc1cccc2ccccc12)NC1CCN(C(C)C)CC1. The van der Waals surface area contributed by atoms with Crippen molar-refractivity contribution in [3.63, 3.8) is 0 Å². The minimum absolute atomic E-state index is 0.510. The Bertz CT molecular complexity index is 725. The van der Waals surface area contributed by atoms with Crippen LogP contribution in [0.2, 0.25) is 0 Å². The third kappa shape index (κ3) is 4.76. The third-order valence-electron chi connectivity index (χ3n) is 5.23. The average molecular weight is 353 g/mol. The van der Waals surface area contributed by atoms with Crippen molar-refractivity contribution in [3.8, 4) is 0 Å². The van der Waals surface area contributed by atoms with E-state index in [1.807, 2.05) is 0 Å². The zero-order valence-electron chi connectivity index (χ0n) is 16.3. The summed E-state index contributed by atoms with van der Waals surface area (Å²) in [6.45, 7) is 10.6. The van der Waals surface area contributed by atoms with E-state index >= 15 is 0 Å². The molecule has 2 aromatic carbocycles. The van der Waals surface area contributed by atoms with Crippen molar-refractivity contribution in [1.82, 2.24) is 15.5 Å². The van der Waals surface area contributed by atoms with E-state index in [0.29, 0.717) is 18.6 Å². The smallest absolute Gasteiger partial charge is 0.191 e. The minimum atomic E-state index is 0.510. The topological polar surface area (TPSA) is 39.7 Å². The summed E-state index contributed by atoms with van der Waals surface area (Å²) in [7, 11) is 0.